The Morgan fingerprint density at radius 1 is 0.819 bits per heavy atom. The van der Waals surface area contributed by atoms with E-state index < -0.39 is 12.2 Å². The predicted molar refractivity (Wildman–Crippen MR) is 281 cm³/mol. The number of anilines is 4. The van der Waals surface area contributed by atoms with Crippen molar-refractivity contribution in [2.24, 2.45) is 0 Å². The van der Waals surface area contributed by atoms with Crippen molar-refractivity contribution in [2.45, 2.75) is 103 Å². The number of nitrogen functional groups attached to an aromatic ring is 1. The van der Waals surface area contributed by atoms with Gasteiger partial charge in [-0.25, -0.2) is 19.9 Å². The standard InChI is InChI=1S/C27H40N6O4.C22H31N5O3.C4H8O/c1-18-15-32(10-11-33(18)20(3)34)27-19(2)26(31(5)22-9-12-36-16-22)29-25(30-27)21-7-6-8-24(13-21)37-17-23(35)14-28-4;1-3-24-10-16(28)13-29-17-6-4-5-15(9-17)21-25-20(23)14(2)22(26-21)27-11-18-7-8-19(12-27)30-18;1-2-4-5-3-1/h6-8,13,18,22-23,28,35H,9-12,14-17H2,1-5H3;4-6,9,16,18-19,24,28H,3,7-8,10-13H2,1-2H3,(H2,23,25,26);1-4H2. The zero-order chi connectivity index (χ0) is 51.1. The first kappa shape index (κ1) is 54.4. The molecular weight excluding hydrogens is 919 g/mol. The van der Waals surface area contributed by atoms with E-state index in [1.807, 2.05) is 67.3 Å². The molecule has 4 aromatic rings. The van der Waals surface area contributed by atoms with Crippen LogP contribution in [-0.2, 0) is 19.0 Å². The molecule has 6 unspecified atom stereocenters. The molecule has 0 spiro atoms. The Kier molecular flexibility index (Phi) is 20.0. The fourth-order valence-electron chi connectivity index (χ4n) is 9.65. The maximum atomic E-state index is 12.0. The third-order valence-corrected chi connectivity index (χ3v) is 13.7. The first-order chi connectivity index (χ1) is 34.8. The number of amides is 1. The summed E-state index contributed by atoms with van der Waals surface area (Å²) in [6.45, 7) is 19.1. The average molecular weight is 998 g/mol. The summed E-state index contributed by atoms with van der Waals surface area (Å²) in [5, 5.41) is 26.1. The van der Waals surface area contributed by atoms with Crippen LogP contribution in [0.3, 0.4) is 0 Å². The molecular formula is C53H79N11O8. The number of carbonyl (C=O) groups is 1. The van der Waals surface area contributed by atoms with Crippen molar-refractivity contribution in [2.75, 3.05) is 127 Å². The fraction of sp³-hybridized carbons (Fsp3) is 0.604. The Hall–Kier alpha value is -5.41. The molecule has 72 heavy (non-hydrogen) atoms. The molecule has 2 bridgehead atoms. The van der Waals surface area contributed by atoms with Crippen molar-refractivity contribution in [1.82, 2.24) is 35.5 Å². The van der Waals surface area contributed by atoms with E-state index in [2.05, 4.69) is 51.2 Å². The van der Waals surface area contributed by atoms with Crippen LogP contribution in [-0.4, -0.2) is 184 Å². The molecule has 6 N–H and O–H groups in total. The van der Waals surface area contributed by atoms with Gasteiger partial charge >= 0.3 is 0 Å². The monoisotopic (exact) mass is 998 g/mol. The molecule has 19 heteroatoms. The number of likely N-dealkylation sites (N-methyl/N-ethyl adjacent to an activating group) is 3. The number of fused-ring (bicyclic) bond motifs is 2. The third kappa shape index (κ3) is 14.6. The Balaban J connectivity index is 0.000000195. The van der Waals surface area contributed by atoms with Crippen LogP contribution in [0.1, 0.15) is 64.0 Å². The molecule has 5 aliphatic heterocycles. The quantitative estimate of drug-likeness (QED) is 0.1000. The van der Waals surface area contributed by atoms with E-state index in [4.69, 9.17) is 44.4 Å². The Morgan fingerprint density at radius 3 is 1.97 bits per heavy atom. The summed E-state index contributed by atoms with van der Waals surface area (Å²) in [5.74, 6) is 5.74. The van der Waals surface area contributed by atoms with Crippen LogP contribution in [0, 0.1) is 13.8 Å². The van der Waals surface area contributed by atoms with Gasteiger partial charge in [0, 0.05) is 108 Å². The highest BCUT2D eigenvalue weighted by Gasteiger charge is 2.35. The molecule has 7 heterocycles. The van der Waals surface area contributed by atoms with E-state index in [1.165, 1.54) is 12.8 Å². The van der Waals surface area contributed by atoms with E-state index in [0.717, 1.165) is 98.4 Å². The van der Waals surface area contributed by atoms with Crippen molar-refractivity contribution in [3.63, 3.8) is 0 Å². The number of morpholine rings is 1. The van der Waals surface area contributed by atoms with Gasteiger partial charge in [0.25, 0.3) is 0 Å². The van der Waals surface area contributed by atoms with E-state index in [1.54, 1.807) is 14.0 Å². The number of rotatable bonds is 17. The lowest BCUT2D eigenvalue weighted by Crippen LogP contribution is -2.54. The van der Waals surface area contributed by atoms with E-state index in [9.17, 15) is 15.0 Å². The van der Waals surface area contributed by atoms with Crippen LogP contribution >= 0.6 is 0 Å². The van der Waals surface area contributed by atoms with Crippen molar-refractivity contribution in [3.8, 4) is 34.3 Å². The molecule has 2 aromatic carbocycles. The second-order valence-electron chi connectivity index (χ2n) is 19.4. The molecule has 0 aliphatic carbocycles. The largest absolute Gasteiger partial charge is 0.491 e. The van der Waals surface area contributed by atoms with Crippen LogP contribution in [0.4, 0.5) is 23.3 Å². The number of nitrogens with zero attached hydrogens (tertiary/aromatic N) is 8. The molecule has 1 amide bonds. The Labute approximate surface area is 425 Å². The summed E-state index contributed by atoms with van der Waals surface area (Å²) in [4.78, 5) is 40.2. The summed E-state index contributed by atoms with van der Waals surface area (Å²) in [6, 6.07) is 15.6. The second-order valence-corrected chi connectivity index (χ2v) is 19.4. The smallest absolute Gasteiger partial charge is 0.219 e. The van der Waals surface area contributed by atoms with Gasteiger partial charge in [-0.05, 0) is 90.7 Å². The summed E-state index contributed by atoms with van der Waals surface area (Å²) in [7, 11) is 3.87. The highest BCUT2D eigenvalue weighted by atomic mass is 16.5. The van der Waals surface area contributed by atoms with Gasteiger partial charge in [0.2, 0.25) is 5.91 Å². The van der Waals surface area contributed by atoms with Gasteiger partial charge in [-0.2, -0.15) is 0 Å². The molecule has 2 aromatic heterocycles. The van der Waals surface area contributed by atoms with Crippen molar-refractivity contribution in [3.05, 3.63) is 59.7 Å². The van der Waals surface area contributed by atoms with E-state index in [0.29, 0.717) is 68.3 Å². The van der Waals surface area contributed by atoms with Crippen molar-refractivity contribution < 1.29 is 38.7 Å². The summed E-state index contributed by atoms with van der Waals surface area (Å²) in [6.07, 6.45) is 5.10. The number of aliphatic hydroxyl groups excluding tert-OH is 2. The lowest BCUT2D eigenvalue weighted by atomic mass is 10.1. The van der Waals surface area contributed by atoms with Gasteiger partial charge in [-0.1, -0.05) is 31.2 Å². The number of hydrogen-bond acceptors (Lipinski definition) is 18. The highest BCUT2D eigenvalue weighted by Crippen LogP contribution is 2.35. The lowest BCUT2D eigenvalue weighted by molar-refractivity contribution is -0.131. The second kappa shape index (κ2) is 26.5. The molecule has 5 saturated heterocycles. The number of benzene rings is 2. The maximum absolute atomic E-state index is 12.0. The van der Waals surface area contributed by atoms with Crippen LogP contribution in [0.15, 0.2) is 48.5 Å². The van der Waals surface area contributed by atoms with Gasteiger partial charge in [-0.3, -0.25) is 4.79 Å². The number of nitrogens with two attached hydrogens (primary N) is 1. The first-order valence-corrected chi connectivity index (χ1v) is 25.8. The molecule has 9 rings (SSSR count). The molecule has 0 radical (unpaired) electrons. The summed E-state index contributed by atoms with van der Waals surface area (Å²) in [5.41, 5.74) is 9.85. The van der Waals surface area contributed by atoms with Crippen LogP contribution < -0.4 is 40.5 Å². The zero-order valence-electron chi connectivity index (χ0n) is 43.5. The van der Waals surface area contributed by atoms with E-state index >= 15 is 0 Å². The Morgan fingerprint density at radius 2 is 1.43 bits per heavy atom. The highest BCUT2D eigenvalue weighted by molar-refractivity contribution is 5.74. The molecule has 19 nitrogen and oxygen atoms in total. The van der Waals surface area contributed by atoms with Crippen LogP contribution in [0.5, 0.6) is 11.5 Å². The fourth-order valence-corrected chi connectivity index (χ4v) is 9.65. The zero-order valence-corrected chi connectivity index (χ0v) is 43.5. The van der Waals surface area contributed by atoms with Gasteiger partial charge < -0.3 is 69.9 Å². The molecule has 5 aliphatic rings. The number of piperazine rings is 1. The number of hydrogen-bond donors (Lipinski definition) is 5. The van der Waals surface area contributed by atoms with Crippen molar-refractivity contribution in [1.29, 1.82) is 0 Å². The average Bonchev–Trinajstić information content (AvgIpc) is 4.21. The maximum Gasteiger partial charge on any atom is 0.219 e. The molecule has 394 valence electrons. The van der Waals surface area contributed by atoms with E-state index in [-0.39, 0.29) is 43.4 Å². The van der Waals surface area contributed by atoms with Gasteiger partial charge in [0.05, 0.1) is 24.9 Å². The number of nitrogens with one attached hydrogen (secondary N) is 2. The third-order valence-electron chi connectivity index (χ3n) is 13.7. The number of ether oxygens (including phenoxy) is 5. The molecule has 0 saturated carbocycles. The number of aromatic nitrogens is 4. The minimum absolute atomic E-state index is 0.0919. The normalized spacial score (nSPS) is 21.3. The Bertz CT molecular complexity index is 2330. The van der Waals surface area contributed by atoms with Gasteiger partial charge in [0.15, 0.2) is 11.6 Å². The predicted octanol–water partition coefficient (Wildman–Crippen LogP) is 4.24. The van der Waals surface area contributed by atoms with Crippen LogP contribution in [0.25, 0.3) is 22.8 Å². The molecule has 6 atom stereocenters. The number of aliphatic hydroxyl groups is 2. The molecule has 5 fully saturated rings. The van der Waals surface area contributed by atoms with Gasteiger partial charge in [0.1, 0.15) is 60.2 Å². The minimum Gasteiger partial charge on any atom is -0.491 e. The summed E-state index contributed by atoms with van der Waals surface area (Å²) < 4.78 is 28.2. The number of carbonyl (C=O) groups excluding carboxylic acids is 1. The first-order valence-electron chi connectivity index (χ1n) is 25.8. The van der Waals surface area contributed by atoms with Gasteiger partial charge in [-0.15, -0.1) is 0 Å². The van der Waals surface area contributed by atoms with Crippen molar-refractivity contribution >= 4 is 29.2 Å². The lowest BCUT2D eigenvalue weighted by Gasteiger charge is -2.41. The minimum atomic E-state index is -0.597. The summed E-state index contributed by atoms with van der Waals surface area (Å²) >= 11 is 0. The topological polar surface area (TPSA) is 218 Å². The van der Waals surface area contributed by atoms with Crippen LogP contribution in [0.2, 0.25) is 0 Å². The SMILES string of the molecule is C1CCOC1.CCNCC(O)COc1cccc(-c2nc(N)c(C)c(N3CC4CCC(C3)O4)n2)c1.CNCC(O)COc1cccc(-c2nc(N3CCN(C(C)=O)C(C)C3)c(C)c(N(C)C3CCOC3)n2)c1.